The molecule has 3 aliphatic rings. The molecule has 0 spiro atoms. The smallest absolute Gasteiger partial charge is 0.338 e. The summed E-state index contributed by atoms with van der Waals surface area (Å²) in [5.74, 6) is -1.87. The number of benzene rings is 2. The molecule has 4 atom stereocenters. The molecule has 0 aromatic heterocycles. The lowest BCUT2D eigenvalue weighted by molar-refractivity contribution is -0.250. The zero-order chi connectivity index (χ0) is 19.7. The van der Waals surface area contributed by atoms with Gasteiger partial charge in [-0.2, -0.15) is 0 Å². The molecule has 0 radical (unpaired) electrons. The van der Waals surface area contributed by atoms with Crippen LogP contribution in [0.5, 0.6) is 0 Å². The molecule has 0 unspecified atom stereocenters. The normalized spacial score (nSPS) is 28.6. The van der Waals surface area contributed by atoms with Crippen LogP contribution in [-0.2, 0) is 19.0 Å². The molecule has 1 aliphatic carbocycles. The van der Waals surface area contributed by atoms with Crippen LogP contribution in [0.25, 0.3) is 0 Å². The first-order chi connectivity index (χ1) is 13.5. The van der Waals surface area contributed by atoms with Crippen LogP contribution in [0.15, 0.2) is 60.7 Å². The van der Waals surface area contributed by atoms with E-state index < -0.39 is 41.6 Å². The van der Waals surface area contributed by atoms with Gasteiger partial charge in [0.15, 0.2) is 23.6 Å². The molecule has 1 N–H and O–H groups in total. The van der Waals surface area contributed by atoms with Gasteiger partial charge in [-0.25, -0.2) is 9.59 Å². The maximum atomic E-state index is 12.5. The standard InChI is InChI=1S/C21H18O7/c22-16-11-15-17(27-19(23)13-7-3-1-4-8-13)18(21(16,25)12-26-15)28-20(24)14-9-5-2-6-10-14/h1-10,15,17-18,25H,11-12H2/t15-,17-,18+,21-/m1/s1. The minimum absolute atomic E-state index is 0.122. The van der Waals surface area contributed by atoms with E-state index in [0.717, 1.165) is 0 Å². The Hall–Kier alpha value is -3.03. The highest BCUT2D eigenvalue weighted by Crippen LogP contribution is 2.38. The number of ether oxygens (including phenoxy) is 3. The van der Waals surface area contributed by atoms with Crippen LogP contribution in [0.4, 0.5) is 0 Å². The molecule has 2 aromatic rings. The zero-order valence-corrected chi connectivity index (χ0v) is 14.8. The highest BCUT2D eigenvalue weighted by Gasteiger charge is 2.63. The Bertz CT molecular complexity index is 895. The summed E-state index contributed by atoms with van der Waals surface area (Å²) in [6, 6.07) is 16.5. The Morgan fingerprint density at radius 2 is 1.46 bits per heavy atom. The van der Waals surface area contributed by atoms with Gasteiger partial charge in [0, 0.05) is 6.42 Å². The Morgan fingerprint density at radius 1 is 0.929 bits per heavy atom. The predicted molar refractivity (Wildman–Crippen MR) is 95.6 cm³/mol. The number of carbonyl (C=O) groups excluding carboxylic acids is 3. The summed E-state index contributed by atoms with van der Waals surface area (Å²) in [6.45, 7) is -0.317. The van der Waals surface area contributed by atoms with Crippen molar-refractivity contribution in [2.45, 2.75) is 30.3 Å². The van der Waals surface area contributed by atoms with Crippen molar-refractivity contribution >= 4 is 17.7 Å². The van der Waals surface area contributed by atoms with E-state index in [9.17, 15) is 19.5 Å². The largest absolute Gasteiger partial charge is 0.452 e. The maximum absolute atomic E-state index is 12.5. The number of fused-ring (bicyclic) bond motifs is 3. The summed E-state index contributed by atoms with van der Waals surface area (Å²) < 4.78 is 16.5. The molecule has 2 heterocycles. The van der Waals surface area contributed by atoms with E-state index in [0.29, 0.717) is 5.56 Å². The van der Waals surface area contributed by atoms with Gasteiger partial charge in [-0.1, -0.05) is 36.4 Å². The molecule has 28 heavy (non-hydrogen) atoms. The van der Waals surface area contributed by atoms with Crippen molar-refractivity contribution in [1.29, 1.82) is 0 Å². The van der Waals surface area contributed by atoms with Gasteiger partial charge in [0.25, 0.3) is 0 Å². The molecule has 144 valence electrons. The number of aliphatic hydroxyl groups is 1. The van der Waals surface area contributed by atoms with Crippen molar-refractivity contribution in [3.8, 4) is 0 Å². The Kier molecular flexibility index (Phi) is 4.70. The van der Waals surface area contributed by atoms with E-state index in [4.69, 9.17) is 14.2 Å². The fourth-order valence-corrected chi connectivity index (χ4v) is 3.48. The first-order valence-corrected chi connectivity index (χ1v) is 8.88. The predicted octanol–water partition coefficient (Wildman–Crippen LogP) is 1.54. The average molecular weight is 382 g/mol. The van der Waals surface area contributed by atoms with Crippen LogP contribution in [-0.4, -0.2) is 53.3 Å². The van der Waals surface area contributed by atoms with Crippen LogP contribution in [0.3, 0.4) is 0 Å². The number of Topliss-reactive ketones (excluding diaryl/α,β-unsaturated/α-hetero) is 1. The van der Waals surface area contributed by atoms with Gasteiger partial charge in [0.1, 0.15) is 6.10 Å². The average Bonchev–Trinajstić information content (AvgIpc) is 2.72. The lowest BCUT2D eigenvalue weighted by atomic mass is 9.75. The zero-order valence-electron chi connectivity index (χ0n) is 14.8. The highest BCUT2D eigenvalue weighted by atomic mass is 16.6. The van der Waals surface area contributed by atoms with Gasteiger partial charge in [-0.3, -0.25) is 4.79 Å². The first-order valence-electron chi connectivity index (χ1n) is 8.88. The minimum Gasteiger partial charge on any atom is -0.452 e. The molecule has 2 aliphatic heterocycles. The molecule has 2 saturated heterocycles. The molecule has 2 bridgehead atoms. The SMILES string of the molecule is O=C(O[C@@H]1[C@H]2CC(=O)[C@](O)(CO2)[C@H]1OC(=O)c1ccccc1)c1ccccc1. The molecule has 1 saturated carbocycles. The minimum atomic E-state index is -2.05. The third kappa shape index (κ3) is 3.19. The van der Waals surface area contributed by atoms with Crippen LogP contribution in [0, 0.1) is 0 Å². The van der Waals surface area contributed by atoms with Crippen molar-refractivity contribution in [2.24, 2.45) is 0 Å². The topological polar surface area (TPSA) is 99.1 Å². The second kappa shape index (κ2) is 7.18. The number of hydrogen-bond acceptors (Lipinski definition) is 7. The van der Waals surface area contributed by atoms with Gasteiger partial charge in [0.05, 0.1) is 17.7 Å². The van der Waals surface area contributed by atoms with E-state index in [1.807, 2.05) is 0 Å². The van der Waals surface area contributed by atoms with Crippen molar-refractivity contribution < 1.29 is 33.7 Å². The molecule has 2 aromatic carbocycles. The molecular formula is C21H18O7. The molecular weight excluding hydrogens is 364 g/mol. The van der Waals surface area contributed by atoms with Crippen molar-refractivity contribution in [1.82, 2.24) is 0 Å². The van der Waals surface area contributed by atoms with Crippen LogP contribution < -0.4 is 0 Å². The second-order valence-corrected chi connectivity index (χ2v) is 6.83. The second-order valence-electron chi connectivity index (χ2n) is 6.83. The maximum Gasteiger partial charge on any atom is 0.338 e. The summed E-state index contributed by atoms with van der Waals surface area (Å²) in [5, 5.41) is 10.9. The molecule has 7 nitrogen and oxygen atoms in total. The van der Waals surface area contributed by atoms with Gasteiger partial charge in [-0.05, 0) is 24.3 Å². The summed E-state index contributed by atoms with van der Waals surface area (Å²) in [4.78, 5) is 37.4. The van der Waals surface area contributed by atoms with Crippen molar-refractivity contribution in [3.05, 3.63) is 71.8 Å². The molecule has 3 fully saturated rings. The fourth-order valence-electron chi connectivity index (χ4n) is 3.48. The number of ketones is 1. The highest BCUT2D eigenvalue weighted by molar-refractivity contribution is 5.94. The third-order valence-corrected chi connectivity index (χ3v) is 5.02. The summed E-state index contributed by atoms with van der Waals surface area (Å²) in [5.41, 5.74) is -1.50. The van der Waals surface area contributed by atoms with E-state index in [1.54, 1.807) is 60.7 Å². The van der Waals surface area contributed by atoms with Crippen LogP contribution >= 0.6 is 0 Å². The summed E-state index contributed by atoms with van der Waals surface area (Å²) in [6.07, 6.45) is -3.37. The molecule has 7 heteroatoms. The van der Waals surface area contributed by atoms with Crippen molar-refractivity contribution in [3.63, 3.8) is 0 Å². The third-order valence-electron chi connectivity index (χ3n) is 5.02. The van der Waals surface area contributed by atoms with E-state index in [-0.39, 0.29) is 18.6 Å². The molecule has 0 amide bonds. The summed E-state index contributed by atoms with van der Waals surface area (Å²) in [7, 11) is 0. The van der Waals surface area contributed by atoms with E-state index in [1.165, 1.54) is 0 Å². The fraction of sp³-hybridized carbons (Fsp3) is 0.286. The Labute approximate surface area is 160 Å². The van der Waals surface area contributed by atoms with Gasteiger partial charge >= 0.3 is 11.9 Å². The monoisotopic (exact) mass is 382 g/mol. The van der Waals surface area contributed by atoms with Crippen LogP contribution in [0.1, 0.15) is 27.1 Å². The number of rotatable bonds is 4. The lowest BCUT2D eigenvalue weighted by Gasteiger charge is -2.49. The summed E-state index contributed by atoms with van der Waals surface area (Å²) >= 11 is 0. The van der Waals surface area contributed by atoms with E-state index in [2.05, 4.69) is 0 Å². The van der Waals surface area contributed by atoms with Gasteiger partial charge in [0.2, 0.25) is 0 Å². The van der Waals surface area contributed by atoms with Crippen molar-refractivity contribution in [2.75, 3.05) is 6.61 Å². The molecule has 5 rings (SSSR count). The lowest BCUT2D eigenvalue weighted by Crippen LogP contribution is -2.72. The first kappa shape index (κ1) is 18.3. The Balaban J connectivity index is 1.60. The van der Waals surface area contributed by atoms with Gasteiger partial charge in [-0.15, -0.1) is 0 Å². The quantitative estimate of drug-likeness (QED) is 0.801. The number of hydrogen-bond donors (Lipinski definition) is 1. The van der Waals surface area contributed by atoms with E-state index >= 15 is 0 Å². The van der Waals surface area contributed by atoms with Gasteiger partial charge < -0.3 is 19.3 Å². The van der Waals surface area contributed by atoms with Crippen LogP contribution in [0.2, 0.25) is 0 Å². The number of esters is 2. The number of carbonyl (C=O) groups is 3. The Morgan fingerprint density at radius 3 is 2.00 bits per heavy atom.